The van der Waals surface area contributed by atoms with Crippen molar-refractivity contribution in [3.05, 3.63) is 126 Å². The van der Waals surface area contributed by atoms with Gasteiger partial charge < -0.3 is 9.47 Å². The molecule has 0 aliphatic heterocycles. The van der Waals surface area contributed by atoms with Gasteiger partial charge in [0.1, 0.15) is 23.3 Å². The molecule has 0 saturated carbocycles. The van der Waals surface area contributed by atoms with E-state index in [0.717, 1.165) is 0 Å². The Labute approximate surface area is 234 Å². The number of hydrogen-bond acceptors (Lipinski definition) is 7. The first-order valence-electron chi connectivity index (χ1n) is 12.5. The number of rotatable bonds is 7. The largest absolute Gasteiger partial charge is 0.465 e. The van der Waals surface area contributed by atoms with Crippen molar-refractivity contribution in [2.45, 2.75) is 0 Å². The van der Waals surface area contributed by atoms with Crippen LogP contribution in [0.3, 0.4) is 0 Å². The van der Waals surface area contributed by atoms with Gasteiger partial charge in [0.25, 0.3) is 0 Å². The number of pyridine rings is 2. The van der Waals surface area contributed by atoms with E-state index < -0.39 is 11.9 Å². The zero-order valence-electron chi connectivity index (χ0n) is 22.0. The van der Waals surface area contributed by atoms with Crippen LogP contribution in [0.1, 0.15) is 20.7 Å². The molecule has 5 rings (SSSR count). The summed E-state index contributed by atoms with van der Waals surface area (Å²) in [5, 5.41) is 0. The van der Waals surface area contributed by atoms with Crippen LogP contribution in [0.5, 0.6) is 0 Å². The predicted molar refractivity (Wildman–Crippen MR) is 150 cm³/mol. The fourth-order valence-corrected chi connectivity index (χ4v) is 4.34. The van der Waals surface area contributed by atoms with Crippen LogP contribution in [-0.4, -0.2) is 36.1 Å². The molecule has 0 saturated heterocycles. The zero-order chi connectivity index (χ0) is 28.9. The van der Waals surface area contributed by atoms with Gasteiger partial charge in [0.2, 0.25) is 0 Å². The molecular weight excluding hydrogens is 528 g/mol. The molecule has 7 nitrogen and oxygen atoms in total. The summed E-state index contributed by atoms with van der Waals surface area (Å²) >= 11 is 0. The maximum absolute atomic E-state index is 13.6. The SMILES string of the molecule is COC(=O)c1cccc(C(=O)OC)c1N(c1cccc(-c2ccc(F)cc2)n1)c1cccc(-c2ccc(F)cc2)n1. The topological polar surface area (TPSA) is 81.6 Å². The summed E-state index contributed by atoms with van der Waals surface area (Å²) in [5.41, 5.74) is 2.59. The summed E-state index contributed by atoms with van der Waals surface area (Å²) in [7, 11) is 2.48. The number of anilines is 3. The molecule has 0 aliphatic rings. The summed E-state index contributed by atoms with van der Waals surface area (Å²) in [6, 6.07) is 26.7. The molecule has 0 aliphatic carbocycles. The standard InChI is InChI=1S/C32H23F2N3O4/c1-40-31(38)24-6-3-7-25(32(39)41-2)30(24)37(28-10-4-8-26(35-28)20-12-16-22(33)17-13-20)29-11-5-9-27(36-29)21-14-18-23(34)19-15-21/h3-19H,1-2H3. The van der Waals surface area contributed by atoms with Crippen molar-refractivity contribution in [2.75, 3.05) is 19.1 Å². The van der Waals surface area contributed by atoms with E-state index in [1.165, 1.54) is 50.6 Å². The van der Waals surface area contributed by atoms with E-state index in [-0.39, 0.29) is 28.4 Å². The third kappa shape index (κ3) is 5.65. The Morgan fingerprint density at radius 1 is 0.585 bits per heavy atom. The number of carbonyl (C=O) groups excluding carboxylic acids is 2. The Morgan fingerprint density at radius 3 is 1.37 bits per heavy atom. The van der Waals surface area contributed by atoms with Crippen molar-refractivity contribution in [3.8, 4) is 22.5 Å². The molecule has 3 aromatic carbocycles. The second-order valence-electron chi connectivity index (χ2n) is 8.80. The maximum Gasteiger partial charge on any atom is 0.340 e. The molecule has 0 bridgehead atoms. The van der Waals surface area contributed by atoms with Gasteiger partial charge in [0.05, 0.1) is 42.4 Å². The zero-order valence-corrected chi connectivity index (χ0v) is 22.0. The number of esters is 2. The second kappa shape index (κ2) is 11.7. The van der Waals surface area contributed by atoms with Crippen LogP contribution < -0.4 is 4.90 Å². The quantitative estimate of drug-likeness (QED) is 0.199. The Morgan fingerprint density at radius 2 is 0.976 bits per heavy atom. The summed E-state index contributed by atoms with van der Waals surface area (Å²) in [4.78, 5) is 37.1. The summed E-state index contributed by atoms with van der Waals surface area (Å²) in [6.07, 6.45) is 0. The minimum absolute atomic E-state index is 0.0679. The molecule has 0 radical (unpaired) electrons. The molecule has 0 atom stereocenters. The van der Waals surface area contributed by atoms with E-state index in [1.807, 2.05) is 0 Å². The second-order valence-corrected chi connectivity index (χ2v) is 8.80. The summed E-state index contributed by atoms with van der Waals surface area (Å²) < 4.78 is 37.3. The first kappa shape index (κ1) is 27.1. The van der Waals surface area contributed by atoms with Crippen molar-refractivity contribution in [1.29, 1.82) is 0 Å². The van der Waals surface area contributed by atoms with Crippen LogP contribution >= 0.6 is 0 Å². The van der Waals surface area contributed by atoms with Crippen LogP contribution in [0.25, 0.3) is 22.5 Å². The number of nitrogens with zero attached hydrogens (tertiary/aromatic N) is 3. The Balaban J connectivity index is 1.78. The minimum Gasteiger partial charge on any atom is -0.465 e. The molecule has 9 heteroatoms. The lowest BCUT2D eigenvalue weighted by Crippen LogP contribution is -2.21. The van der Waals surface area contributed by atoms with Crippen molar-refractivity contribution in [1.82, 2.24) is 9.97 Å². The monoisotopic (exact) mass is 551 g/mol. The van der Waals surface area contributed by atoms with Crippen LogP contribution in [0.2, 0.25) is 0 Å². The lowest BCUT2D eigenvalue weighted by atomic mass is 10.0. The van der Waals surface area contributed by atoms with Crippen molar-refractivity contribution < 1.29 is 27.8 Å². The number of halogens is 2. The predicted octanol–water partition coefficient (Wildman–Crippen LogP) is 7.13. The van der Waals surface area contributed by atoms with Gasteiger partial charge in [-0.25, -0.2) is 28.3 Å². The molecule has 0 unspecified atom stereocenters. The average Bonchev–Trinajstić information content (AvgIpc) is 3.01. The maximum atomic E-state index is 13.6. The van der Waals surface area contributed by atoms with E-state index in [9.17, 15) is 18.4 Å². The highest BCUT2D eigenvalue weighted by molar-refractivity contribution is 6.07. The number of ether oxygens (including phenoxy) is 2. The smallest absolute Gasteiger partial charge is 0.340 e. The normalized spacial score (nSPS) is 10.6. The van der Waals surface area contributed by atoms with Crippen LogP contribution in [0, 0.1) is 11.6 Å². The molecule has 204 valence electrons. The fraction of sp³-hybridized carbons (Fsp3) is 0.0625. The van der Waals surface area contributed by atoms with Crippen LogP contribution in [0.4, 0.5) is 26.1 Å². The Hall–Kier alpha value is -5.44. The average molecular weight is 552 g/mol. The lowest BCUT2D eigenvalue weighted by Gasteiger charge is -2.27. The van der Waals surface area contributed by atoms with Gasteiger partial charge >= 0.3 is 11.9 Å². The van der Waals surface area contributed by atoms with E-state index in [2.05, 4.69) is 0 Å². The number of methoxy groups -OCH3 is 2. The number of aromatic nitrogens is 2. The fourth-order valence-electron chi connectivity index (χ4n) is 4.34. The van der Waals surface area contributed by atoms with Gasteiger partial charge in [-0.1, -0.05) is 18.2 Å². The molecule has 0 spiro atoms. The highest BCUT2D eigenvalue weighted by Crippen LogP contribution is 2.39. The third-order valence-corrected chi connectivity index (χ3v) is 6.28. The number of hydrogen-bond donors (Lipinski definition) is 0. The van der Waals surface area contributed by atoms with Gasteiger partial charge in [-0.3, -0.25) is 4.90 Å². The Kier molecular flexibility index (Phi) is 7.78. The van der Waals surface area contributed by atoms with Crippen molar-refractivity contribution in [2.24, 2.45) is 0 Å². The number of carbonyl (C=O) groups is 2. The summed E-state index contributed by atoms with van der Waals surface area (Å²) in [5.74, 6) is -1.56. The lowest BCUT2D eigenvalue weighted by molar-refractivity contribution is 0.0601. The van der Waals surface area contributed by atoms with Gasteiger partial charge in [0.15, 0.2) is 0 Å². The number of para-hydroxylation sites is 1. The molecule has 0 amide bonds. The molecular formula is C32H23F2N3O4. The number of benzene rings is 3. The molecule has 0 fully saturated rings. The first-order valence-corrected chi connectivity index (χ1v) is 12.5. The van der Waals surface area contributed by atoms with E-state index in [0.29, 0.717) is 34.2 Å². The highest BCUT2D eigenvalue weighted by atomic mass is 19.1. The third-order valence-electron chi connectivity index (χ3n) is 6.28. The molecule has 0 N–H and O–H groups in total. The van der Waals surface area contributed by atoms with E-state index in [1.54, 1.807) is 71.6 Å². The van der Waals surface area contributed by atoms with E-state index in [4.69, 9.17) is 19.4 Å². The van der Waals surface area contributed by atoms with Crippen LogP contribution in [-0.2, 0) is 9.47 Å². The highest BCUT2D eigenvalue weighted by Gasteiger charge is 2.28. The van der Waals surface area contributed by atoms with Crippen molar-refractivity contribution >= 4 is 29.3 Å². The molecule has 2 heterocycles. The van der Waals surface area contributed by atoms with Crippen LogP contribution in [0.15, 0.2) is 103 Å². The van der Waals surface area contributed by atoms with Gasteiger partial charge in [0, 0.05) is 11.1 Å². The van der Waals surface area contributed by atoms with Gasteiger partial charge in [-0.15, -0.1) is 0 Å². The minimum atomic E-state index is -0.694. The van der Waals surface area contributed by atoms with E-state index >= 15 is 0 Å². The van der Waals surface area contributed by atoms with Crippen molar-refractivity contribution in [3.63, 3.8) is 0 Å². The van der Waals surface area contributed by atoms with Gasteiger partial charge in [-0.05, 0) is 84.9 Å². The van der Waals surface area contributed by atoms with Gasteiger partial charge in [-0.2, -0.15) is 0 Å². The first-order chi connectivity index (χ1) is 19.9. The summed E-state index contributed by atoms with van der Waals surface area (Å²) in [6.45, 7) is 0. The molecule has 5 aromatic rings. The molecule has 2 aromatic heterocycles. The Bertz CT molecular complexity index is 1600. The molecule has 41 heavy (non-hydrogen) atoms.